The molecule has 3 aromatic carbocycles. The Balaban J connectivity index is 0.00000240. The minimum absolute atomic E-state index is 0. The third kappa shape index (κ3) is 4.74. The second-order valence-electron chi connectivity index (χ2n) is 7.33. The molecular formula is C25H28IO2P. The summed E-state index contributed by atoms with van der Waals surface area (Å²) in [6, 6.07) is 33.2. The SMILES string of the molecule is CC(CCC1OCCO1)[P+](c1ccccc1)(c1ccccc1)c1ccccc1.[I-]. The van der Waals surface area contributed by atoms with E-state index in [1.165, 1.54) is 15.9 Å². The smallest absolute Gasteiger partial charge is 0.157 e. The van der Waals surface area contributed by atoms with Gasteiger partial charge in [-0.15, -0.1) is 0 Å². The molecule has 0 amide bonds. The molecule has 1 heterocycles. The summed E-state index contributed by atoms with van der Waals surface area (Å²) >= 11 is 0. The standard InChI is InChI=1S/C25H28O2P.HI/c1-21(17-18-25-26-19-20-27-25)28(22-11-5-2-6-12-22,23-13-7-3-8-14-23)24-15-9-4-10-16-24;/h2-16,21,25H,17-20H2,1H3;1H/q+1;/p-1. The summed E-state index contributed by atoms with van der Waals surface area (Å²) in [5.74, 6) is 0. The summed E-state index contributed by atoms with van der Waals surface area (Å²) in [7, 11) is -1.81. The van der Waals surface area contributed by atoms with Crippen molar-refractivity contribution in [1.29, 1.82) is 0 Å². The van der Waals surface area contributed by atoms with Crippen LogP contribution in [0.25, 0.3) is 0 Å². The lowest BCUT2D eigenvalue weighted by atomic mass is 10.2. The lowest BCUT2D eigenvalue weighted by Gasteiger charge is -2.33. The van der Waals surface area contributed by atoms with Crippen LogP contribution in [0.5, 0.6) is 0 Å². The van der Waals surface area contributed by atoms with E-state index < -0.39 is 7.26 Å². The van der Waals surface area contributed by atoms with E-state index in [9.17, 15) is 0 Å². The topological polar surface area (TPSA) is 18.5 Å². The third-order valence-electron chi connectivity index (χ3n) is 5.66. The van der Waals surface area contributed by atoms with Crippen molar-refractivity contribution in [2.45, 2.75) is 31.7 Å². The monoisotopic (exact) mass is 518 g/mol. The highest BCUT2D eigenvalue weighted by molar-refractivity contribution is 7.96. The van der Waals surface area contributed by atoms with Gasteiger partial charge >= 0.3 is 0 Å². The zero-order valence-corrected chi connectivity index (χ0v) is 19.8. The number of halogens is 1. The molecule has 1 fully saturated rings. The molecule has 0 radical (unpaired) electrons. The average molecular weight is 518 g/mol. The maximum atomic E-state index is 5.72. The molecule has 1 aliphatic heterocycles. The second-order valence-corrected chi connectivity index (χ2v) is 11.2. The van der Waals surface area contributed by atoms with Crippen LogP contribution in [0.3, 0.4) is 0 Å². The lowest BCUT2D eigenvalue weighted by Crippen LogP contribution is -3.00. The number of hydrogen-bond acceptors (Lipinski definition) is 2. The van der Waals surface area contributed by atoms with Crippen LogP contribution in [0.2, 0.25) is 0 Å². The molecule has 3 aromatic rings. The first-order valence-electron chi connectivity index (χ1n) is 10.1. The Labute approximate surface area is 192 Å². The van der Waals surface area contributed by atoms with Crippen LogP contribution in [0.15, 0.2) is 91.0 Å². The fourth-order valence-electron chi connectivity index (χ4n) is 4.34. The largest absolute Gasteiger partial charge is 1.00 e. The van der Waals surface area contributed by atoms with Crippen LogP contribution in [-0.2, 0) is 9.47 Å². The van der Waals surface area contributed by atoms with E-state index in [4.69, 9.17) is 9.47 Å². The van der Waals surface area contributed by atoms with Gasteiger partial charge < -0.3 is 33.5 Å². The maximum absolute atomic E-state index is 5.72. The normalized spacial score (nSPS) is 15.6. The molecule has 0 spiro atoms. The van der Waals surface area contributed by atoms with Crippen LogP contribution in [0.4, 0.5) is 0 Å². The van der Waals surface area contributed by atoms with E-state index in [1.807, 2.05) is 0 Å². The van der Waals surface area contributed by atoms with E-state index in [1.54, 1.807) is 0 Å². The second kappa shape index (κ2) is 10.7. The summed E-state index contributed by atoms with van der Waals surface area (Å²) in [6.07, 6.45) is 1.96. The van der Waals surface area contributed by atoms with Crippen LogP contribution in [-0.4, -0.2) is 25.2 Å². The molecule has 4 rings (SSSR count). The Morgan fingerprint density at radius 1 is 0.724 bits per heavy atom. The predicted molar refractivity (Wildman–Crippen MR) is 120 cm³/mol. The number of benzene rings is 3. The van der Waals surface area contributed by atoms with Crippen LogP contribution in [0.1, 0.15) is 19.8 Å². The first kappa shape index (κ1) is 22.4. The number of ether oxygens (including phenoxy) is 2. The molecule has 0 aliphatic carbocycles. The van der Waals surface area contributed by atoms with Gasteiger partial charge in [0.25, 0.3) is 0 Å². The summed E-state index contributed by atoms with van der Waals surface area (Å²) in [5.41, 5.74) is 0.479. The first-order valence-corrected chi connectivity index (χ1v) is 12.0. The van der Waals surface area contributed by atoms with Crippen LogP contribution >= 0.6 is 7.26 Å². The van der Waals surface area contributed by atoms with Gasteiger partial charge in [-0.1, -0.05) is 54.6 Å². The summed E-state index contributed by atoms with van der Waals surface area (Å²) < 4.78 is 11.4. The van der Waals surface area contributed by atoms with Gasteiger partial charge in [-0.25, -0.2) is 0 Å². The molecule has 0 saturated carbocycles. The minimum atomic E-state index is -1.81. The highest BCUT2D eigenvalue weighted by Gasteiger charge is 2.50. The van der Waals surface area contributed by atoms with E-state index in [0.29, 0.717) is 5.66 Å². The highest BCUT2D eigenvalue weighted by Crippen LogP contribution is 2.60. The molecule has 2 nitrogen and oxygen atoms in total. The van der Waals surface area contributed by atoms with Gasteiger partial charge in [-0.3, -0.25) is 0 Å². The molecule has 1 aliphatic rings. The van der Waals surface area contributed by atoms with Gasteiger partial charge in [0.1, 0.15) is 23.2 Å². The Hall–Kier alpha value is -1.26. The van der Waals surface area contributed by atoms with Crippen molar-refractivity contribution < 1.29 is 33.5 Å². The number of hydrogen-bond donors (Lipinski definition) is 0. The Bertz CT molecular complexity index is 755. The zero-order valence-electron chi connectivity index (χ0n) is 16.8. The van der Waals surface area contributed by atoms with Crippen molar-refractivity contribution in [3.05, 3.63) is 91.0 Å². The molecule has 4 heteroatoms. The molecular weight excluding hydrogens is 490 g/mol. The molecule has 1 atom stereocenters. The first-order chi connectivity index (χ1) is 13.8. The fraction of sp³-hybridized carbons (Fsp3) is 0.280. The summed E-state index contributed by atoms with van der Waals surface area (Å²) in [4.78, 5) is 0. The summed E-state index contributed by atoms with van der Waals surface area (Å²) in [6.45, 7) is 3.85. The lowest BCUT2D eigenvalue weighted by molar-refractivity contribution is -0.0475. The number of rotatable bonds is 7. The Morgan fingerprint density at radius 2 is 1.10 bits per heavy atom. The van der Waals surface area contributed by atoms with Crippen molar-refractivity contribution in [3.63, 3.8) is 0 Å². The Morgan fingerprint density at radius 3 is 1.48 bits per heavy atom. The van der Waals surface area contributed by atoms with Crippen LogP contribution in [0, 0.1) is 0 Å². The van der Waals surface area contributed by atoms with E-state index in [2.05, 4.69) is 97.9 Å². The molecule has 152 valence electrons. The van der Waals surface area contributed by atoms with Gasteiger partial charge in [0.2, 0.25) is 0 Å². The quantitative estimate of drug-likeness (QED) is 0.349. The van der Waals surface area contributed by atoms with Gasteiger partial charge in [0.05, 0.1) is 18.9 Å². The van der Waals surface area contributed by atoms with Crippen LogP contribution < -0.4 is 39.9 Å². The third-order valence-corrected chi connectivity index (χ3v) is 10.6. The molecule has 29 heavy (non-hydrogen) atoms. The van der Waals surface area contributed by atoms with E-state index >= 15 is 0 Å². The Kier molecular flexibility index (Phi) is 8.25. The molecule has 0 N–H and O–H groups in total. The molecule has 0 bridgehead atoms. The minimum Gasteiger partial charge on any atom is -1.00 e. The van der Waals surface area contributed by atoms with Gasteiger partial charge in [-0.2, -0.15) is 0 Å². The predicted octanol–water partition coefficient (Wildman–Crippen LogP) is 1.53. The van der Waals surface area contributed by atoms with E-state index in [-0.39, 0.29) is 30.3 Å². The molecule has 1 unspecified atom stereocenters. The van der Waals surface area contributed by atoms with Gasteiger partial charge in [0.15, 0.2) is 6.29 Å². The van der Waals surface area contributed by atoms with E-state index in [0.717, 1.165) is 26.1 Å². The maximum Gasteiger partial charge on any atom is 0.157 e. The van der Waals surface area contributed by atoms with Crippen molar-refractivity contribution in [2.24, 2.45) is 0 Å². The average Bonchev–Trinajstić information content (AvgIpc) is 3.29. The van der Waals surface area contributed by atoms with Crippen molar-refractivity contribution in [2.75, 3.05) is 13.2 Å². The van der Waals surface area contributed by atoms with Gasteiger partial charge in [-0.05, 0) is 49.7 Å². The van der Waals surface area contributed by atoms with Gasteiger partial charge in [0, 0.05) is 6.42 Å². The van der Waals surface area contributed by atoms with Crippen molar-refractivity contribution in [1.82, 2.24) is 0 Å². The molecule has 1 saturated heterocycles. The summed E-state index contributed by atoms with van der Waals surface area (Å²) in [5, 5.41) is 4.31. The molecule has 0 aromatic heterocycles. The zero-order chi connectivity index (χ0) is 19.2. The highest BCUT2D eigenvalue weighted by atomic mass is 127. The fourth-order valence-corrected chi connectivity index (χ4v) is 9.23. The van der Waals surface area contributed by atoms with Crippen molar-refractivity contribution >= 4 is 23.2 Å². The van der Waals surface area contributed by atoms with Crippen molar-refractivity contribution in [3.8, 4) is 0 Å².